The number of carbonyl (C=O) groups is 6. The Morgan fingerprint density at radius 2 is 1.70 bits per heavy atom. The summed E-state index contributed by atoms with van der Waals surface area (Å²) in [6, 6.07) is 12.1. The van der Waals surface area contributed by atoms with Gasteiger partial charge in [-0.25, -0.2) is 8.78 Å². The number of allylic oxidation sites excluding steroid dienone is 1. The number of aliphatic hydroxyl groups is 1. The van der Waals surface area contributed by atoms with E-state index in [1.54, 1.807) is 18.3 Å². The second kappa shape index (κ2) is 22.6. The third kappa shape index (κ3) is 12.2. The molecular weight excluding hydrogens is 849 g/mol. The maximum Gasteiger partial charge on any atom is 0.248 e. The van der Waals surface area contributed by atoms with Gasteiger partial charge < -0.3 is 36.3 Å². The summed E-state index contributed by atoms with van der Waals surface area (Å²) in [4.78, 5) is 82.0. The molecule has 6 N–H and O–H groups in total. The molecule has 14 nitrogen and oxygen atoms in total. The number of likely N-dealkylation sites (tertiary alicyclic amines) is 1. The van der Waals surface area contributed by atoms with Crippen LogP contribution in [0.2, 0.25) is 0 Å². The van der Waals surface area contributed by atoms with Crippen LogP contribution in [0.4, 0.5) is 8.78 Å². The molecule has 0 radical (unpaired) electrons. The van der Waals surface area contributed by atoms with Crippen molar-refractivity contribution in [3.05, 3.63) is 96.3 Å². The number of hydrogen-bond donors (Lipinski definition) is 5. The van der Waals surface area contributed by atoms with E-state index in [0.29, 0.717) is 56.3 Å². The predicted molar refractivity (Wildman–Crippen MR) is 247 cm³/mol. The highest BCUT2D eigenvalue weighted by molar-refractivity contribution is 6.06. The van der Waals surface area contributed by atoms with Gasteiger partial charge in [-0.15, -0.1) is 6.58 Å². The molecule has 2 fully saturated rings. The van der Waals surface area contributed by atoms with E-state index in [0.717, 1.165) is 28.7 Å². The minimum Gasteiger partial charge on any atom is -0.387 e. The first-order valence-electron chi connectivity index (χ1n) is 23.0. The van der Waals surface area contributed by atoms with Gasteiger partial charge in [0.1, 0.15) is 24.8 Å². The molecule has 16 heteroatoms. The Labute approximate surface area is 386 Å². The average molecular weight is 916 g/mol. The third-order valence-electron chi connectivity index (χ3n) is 13.4. The highest BCUT2D eigenvalue weighted by atomic mass is 19.1. The van der Waals surface area contributed by atoms with Crippen LogP contribution in [0.1, 0.15) is 103 Å². The van der Waals surface area contributed by atoms with Crippen LogP contribution in [0.15, 0.2) is 73.4 Å². The monoisotopic (exact) mass is 916 g/mol. The van der Waals surface area contributed by atoms with Crippen molar-refractivity contribution in [3.63, 3.8) is 0 Å². The summed E-state index contributed by atoms with van der Waals surface area (Å²) in [5.41, 5.74) is 7.37. The first kappa shape index (κ1) is 51.2. The SMILES string of the molecule is C=CCC(CC)(CC)C1CC(=O)N(CC(=O)NCCNC(=O)[C@@H]2CCC[C@@H]2NC(=O)[C@@H](N)CCN(C(=O)CO)[C@@H](c2cc(-c3cc(F)ccc3F)cn2Cc2ccccc2)C(C)(C)C)C1=O. The summed E-state index contributed by atoms with van der Waals surface area (Å²) < 4.78 is 31.5. The van der Waals surface area contributed by atoms with Gasteiger partial charge in [0.15, 0.2) is 0 Å². The molecule has 2 aromatic carbocycles. The van der Waals surface area contributed by atoms with E-state index in [4.69, 9.17) is 5.73 Å². The fourth-order valence-corrected chi connectivity index (χ4v) is 9.75. The zero-order valence-electron chi connectivity index (χ0n) is 38.9. The minimum absolute atomic E-state index is 0.000390. The van der Waals surface area contributed by atoms with Gasteiger partial charge in [0.25, 0.3) is 0 Å². The Bertz CT molecular complexity index is 2220. The first-order valence-corrected chi connectivity index (χ1v) is 23.0. The normalized spacial score (nSPS) is 18.5. The zero-order valence-corrected chi connectivity index (χ0v) is 38.9. The number of amides is 6. The molecule has 1 aliphatic carbocycles. The number of nitrogens with two attached hydrogens (primary N) is 1. The smallest absolute Gasteiger partial charge is 0.248 e. The molecule has 1 aromatic heterocycles. The van der Waals surface area contributed by atoms with Crippen LogP contribution in [-0.4, -0.2) is 99.8 Å². The molecule has 2 aliphatic rings. The largest absolute Gasteiger partial charge is 0.387 e. The number of hydrogen-bond acceptors (Lipinski definition) is 8. The van der Waals surface area contributed by atoms with Crippen molar-refractivity contribution in [2.24, 2.45) is 28.4 Å². The van der Waals surface area contributed by atoms with Crippen molar-refractivity contribution >= 4 is 35.4 Å². The van der Waals surface area contributed by atoms with Crippen LogP contribution in [-0.2, 0) is 35.3 Å². The molecule has 5 atom stereocenters. The maximum absolute atomic E-state index is 15.2. The summed E-state index contributed by atoms with van der Waals surface area (Å²) in [6.45, 7) is 12.8. The van der Waals surface area contributed by atoms with E-state index in [1.165, 1.54) is 4.90 Å². The molecule has 2 heterocycles. The van der Waals surface area contributed by atoms with Crippen molar-refractivity contribution in [1.29, 1.82) is 0 Å². The van der Waals surface area contributed by atoms with Gasteiger partial charge in [-0.3, -0.25) is 33.7 Å². The summed E-state index contributed by atoms with van der Waals surface area (Å²) >= 11 is 0. The van der Waals surface area contributed by atoms with Crippen molar-refractivity contribution in [3.8, 4) is 11.1 Å². The Morgan fingerprint density at radius 3 is 2.35 bits per heavy atom. The number of nitrogens with one attached hydrogen (secondary N) is 3. The highest BCUT2D eigenvalue weighted by Crippen LogP contribution is 2.45. The first-order chi connectivity index (χ1) is 31.4. The van der Waals surface area contributed by atoms with E-state index in [1.807, 2.05) is 69.5 Å². The predicted octanol–water partition coefficient (Wildman–Crippen LogP) is 5.38. The van der Waals surface area contributed by atoms with Crippen LogP contribution >= 0.6 is 0 Å². The highest BCUT2D eigenvalue weighted by Gasteiger charge is 2.49. The molecule has 1 saturated heterocycles. The fourth-order valence-electron chi connectivity index (χ4n) is 9.75. The third-order valence-corrected chi connectivity index (χ3v) is 13.4. The van der Waals surface area contributed by atoms with Crippen molar-refractivity contribution in [2.45, 2.75) is 111 Å². The lowest BCUT2D eigenvalue weighted by atomic mass is 9.68. The van der Waals surface area contributed by atoms with E-state index < -0.39 is 83.3 Å². The lowest BCUT2D eigenvalue weighted by molar-refractivity contribution is -0.144. The van der Waals surface area contributed by atoms with Gasteiger partial charge in [0.2, 0.25) is 35.4 Å². The molecule has 358 valence electrons. The molecule has 0 bridgehead atoms. The van der Waals surface area contributed by atoms with Gasteiger partial charge in [-0.05, 0) is 79.2 Å². The van der Waals surface area contributed by atoms with E-state index in [9.17, 15) is 38.3 Å². The molecule has 5 rings (SSSR count). The fraction of sp³-hybridized carbons (Fsp3) is 0.520. The average Bonchev–Trinajstić information content (AvgIpc) is 4.00. The van der Waals surface area contributed by atoms with Crippen molar-refractivity contribution in [1.82, 2.24) is 30.3 Å². The van der Waals surface area contributed by atoms with Crippen molar-refractivity contribution < 1.29 is 42.7 Å². The quantitative estimate of drug-likeness (QED) is 0.0503. The van der Waals surface area contributed by atoms with Crippen LogP contribution in [0.5, 0.6) is 0 Å². The topological polar surface area (TPSA) is 196 Å². The number of carbonyl (C=O) groups excluding carboxylic acids is 6. The van der Waals surface area contributed by atoms with Crippen LogP contribution in [0.3, 0.4) is 0 Å². The molecule has 0 spiro atoms. The zero-order chi connectivity index (χ0) is 48.3. The van der Waals surface area contributed by atoms with Crippen LogP contribution in [0, 0.1) is 34.3 Å². The lowest BCUT2D eigenvalue weighted by Gasteiger charge is -2.41. The van der Waals surface area contributed by atoms with Gasteiger partial charge in [0.05, 0.1) is 23.9 Å². The Kier molecular flexibility index (Phi) is 17.6. The Morgan fingerprint density at radius 1 is 1.00 bits per heavy atom. The molecular formula is C50H67F2N7O7. The van der Waals surface area contributed by atoms with Gasteiger partial charge >= 0.3 is 0 Å². The van der Waals surface area contributed by atoms with E-state index >= 15 is 4.39 Å². The number of rotatable bonds is 22. The Hall–Kier alpha value is -5.74. The molecule has 1 saturated carbocycles. The second-order valence-electron chi connectivity index (χ2n) is 18.7. The molecule has 1 unspecified atom stereocenters. The van der Waals surface area contributed by atoms with Gasteiger partial charge in [0, 0.05) is 61.7 Å². The molecule has 3 aromatic rings. The number of aliphatic hydroxyl groups excluding tert-OH is 1. The number of aromatic nitrogens is 1. The number of benzene rings is 2. The summed E-state index contributed by atoms with van der Waals surface area (Å²) in [7, 11) is 0. The summed E-state index contributed by atoms with van der Waals surface area (Å²) in [6.07, 6.45) is 7.24. The number of imide groups is 1. The van der Waals surface area contributed by atoms with Gasteiger partial charge in [-0.2, -0.15) is 0 Å². The van der Waals surface area contributed by atoms with Crippen molar-refractivity contribution in [2.75, 3.05) is 32.8 Å². The van der Waals surface area contributed by atoms with E-state index in [-0.39, 0.29) is 55.8 Å². The maximum atomic E-state index is 15.2. The Balaban J connectivity index is 1.19. The lowest BCUT2D eigenvalue weighted by Crippen LogP contribution is -2.51. The molecule has 6 amide bonds. The van der Waals surface area contributed by atoms with Gasteiger partial charge in [-0.1, -0.05) is 77.4 Å². The standard InChI is InChI=1S/C50H67F2N7O7/c1-7-21-50(8-2,9-3)37-27-43(62)59(48(37)66)30-42(61)54-22-23-55-46(64)35-16-13-17-40(35)56-47(65)39(53)20-24-58(44(63)31-60)45(49(4,5)6)41-25-33(36-26-34(51)18-19-38(36)52)29-57(41)28-32-14-11-10-12-15-32/h7,10-12,14-15,18-19,25-26,29,35,37,39-40,45,60H,1,8-9,13,16-17,20-24,27-28,30-31,53H2,2-6H3,(H,54,61)(H,55,64)(H,56,65)/t35-,37?,39+,40+,45+/m1/s1. The molecule has 1 aliphatic heterocycles. The van der Waals surface area contributed by atoms with E-state index in [2.05, 4.69) is 22.5 Å². The molecule has 66 heavy (non-hydrogen) atoms. The number of halogens is 2. The van der Waals surface area contributed by atoms with Crippen LogP contribution in [0.25, 0.3) is 11.1 Å². The second-order valence-corrected chi connectivity index (χ2v) is 18.7. The summed E-state index contributed by atoms with van der Waals surface area (Å²) in [5, 5.41) is 18.6. The minimum atomic E-state index is -1.10. The van der Waals surface area contributed by atoms with Crippen LogP contribution < -0.4 is 21.7 Å². The number of nitrogens with zero attached hydrogens (tertiary/aromatic N) is 3. The summed E-state index contributed by atoms with van der Waals surface area (Å²) in [5.74, 6) is -5.00.